The highest BCUT2D eigenvalue weighted by atomic mass is 16.6. The minimum Gasteiger partial charge on any atom is -0.444 e. The number of rotatable bonds is 46. The number of methoxy groups -OCH3 is 1. The lowest BCUT2D eigenvalue weighted by Crippen LogP contribution is -2.38. The molecule has 0 bridgehead atoms. The molecule has 0 aromatic carbocycles. The van der Waals surface area contributed by atoms with E-state index in [1.165, 1.54) is 193 Å². The maximum atomic E-state index is 12.5. The first-order valence-electron chi connectivity index (χ1n) is 23.9. The number of carbonyl (C=O) groups excluding carboxylic acids is 1. The van der Waals surface area contributed by atoms with Crippen LogP contribution in [-0.4, -0.2) is 71.6 Å². The molecule has 324 valence electrons. The van der Waals surface area contributed by atoms with Gasteiger partial charge in [-0.2, -0.15) is 0 Å². The largest absolute Gasteiger partial charge is 0.444 e. The van der Waals surface area contributed by atoms with E-state index in [0.717, 1.165) is 25.9 Å². The van der Waals surface area contributed by atoms with Gasteiger partial charge in [0.1, 0.15) is 12.2 Å². The molecule has 2 unspecified atom stereocenters. The topological polar surface area (TPSA) is 75.3 Å². The molecule has 0 saturated carbocycles. The number of hydrogen-bond acceptors (Lipinski definition) is 6. The third-order valence-corrected chi connectivity index (χ3v) is 10.7. The Hall–Kier alpha value is -0.890. The second-order valence-electron chi connectivity index (χ2n) is 16.1. The first-order valence-corrected chi connectivity index (χ1v) is 23.9. The Labute approximate surface area is 337 Å². The summed E-state index contributed by atoms with van der Waals surface area (Å²) < 4.78 is 28.5. The molecule has 0 heterocycles. The van der Waals surface area contributed by atoms with Crippen molar-refractivity contribution in [2.45, 2.75) is 245 Å². The van der Waals surface area contributed by atoms with Gasteiger partial charge in [0.05, 0.1) is 19.8 Å². The summed E-state index contributed by atoms with van der Waals surface area (Å²) in [4.78, 5) is 12.5. The molecule has 0 aromatic heterocycles. The summed E-state index contributed by atoms with van der Waals surface area (Å²) in [5.41, 5.74) is 0. The van der Waals surface area contributed by atoms with E-state index >= 15 is 0 Å². The van der Waals surface area contributed by atoms with Crippen LogP contribution in [0, 0.1) is 0 Å². The summed E-state index contributed by atoms with van der Waals surface area (Å²) in [7, 11) is 1.66. The van der Waals surface area contributed by atoms with Crippen LogP contribution in [0.15, 0.2) is 0 Å². The van der Waals surface area contributed by atoms with Crippen molar-refractivity contribution in [1.82, 2.24) is 5.32 Å². The maximum Gasteiger partial charge on any atom is 0.407 e. The van der Waals surface area contributed by atoms with Gasteiger partial charge in [0.15, 0.2) is 0 Å². The standard InChI is InChI=1S/C47H95NO6/c1-5-7-9-11-13-15-17-19-21-23-25-27-29-31-33-35-39-52-44-46(45(3)54-47(49)48-38-37-40-51-43-42-50-4)53-41-36-34-32-30-28-26-24-22-20-18-16-14-12-10-8-6-2/h45-46H,5-44H2,1-4H3,(H,48,49). The molecule has 7 nitrogen and oxygen atoms in total. The molecule has 54 heavy (non-hydrogen) atoms. The van der Waals surface area contributed by atoms with Crippen LogP contribution < -0.4 is 5.32 Å². The zero-order chi connectivity index (χ0) is 39.3. The van der Waals surface area contributed by atoms with Crippen LogP contribution in [0.3, 0.4) is 0 Å². The zero-order valence-corrected chi connectivity index (χ0v) is 36.9. The zero-order valence-electron chi connectivity index (χ0n) is 36.9. The fourth-order valence-electron chi connectivity index (χ4n) is 7.05. The van der Waals surface area contributed by atoms with Gasteiger partial charge in [-0.15, -0.1) is 0 Å². The Bertz CT molecular complexity index is 710. The van der Waals surface area contributed by atoms with Gasteiger partial charge < -0.3 is 29.0 Å². The summed E-state index contributed by atoms with van der Waals surface area (Å²) in [5, 5.41) is 2.84. The Balaban J connectivity index is 4.09. The molecule has 0 fully saturated rings. The number of carbonyl (C=O) groups is 1. The van der Waals surface area contributed by atoms with Crippen molar-refractivity contribution in [2.75, 3.05) is 53.3 Å². The lowest BCUT2D eigenvalue weighted by atomic mass is 10.0. The normalized spacial score (nSPS) is 12.7. The van der Waals surface area contributed by atoms with Gasteiger partial charge >= 0.3 is 6.09 Å². The minimum atomic E-state index is -0.409. The number of ether oxygens (including phenoxy) is 5. The van der Waals surface area contributed by atoms with Gasteiger partial charge in [0, 0.05) is 33.5 Å². The molecule has 0 aliphatic rings. The van der Waals surface area contributed by atoms with Crippen molar-refractivity contribution in [3.8, 4) is 0 Å². The molecular weight excluding hydrogens is 675 g/mol. The molecule has 0 rings (SSSR count). The minimum absolute atomic E-state index is 0.259. The van der Waals surface area contributed by atoms with Crippen LogP contribution in [0.4, 0.5) is 4.79 Å². The van der Waals surface area contributed by atoms with Crippen LogP contribution in [-0.2, 0) is 23.7 Å². The van der Waals surface area contributed by atoms with Crippen molar-refractivity contribution in [3.63, 3.8) is 0 Å². The first kappa shape index (κ1) is 53.1. The quantitative estimate of drug-likeness (QED) is 0.0622. The van der Waals surface area contributed by atoms with E-state index in [9.17, 15) is 4.79 Å². The smallest absolute Gasteiger partial charge is 0.407 e. The molecule has 0 spiro atoms. The van der Waals surface area contributed by atoms with E-state index in [2.05, 4.69) is 19.2 Å². The van der Waals surface area contributed by atoms with Crippen LogP contribution in [0.5, 0.6) is 0 Å². The first-order chi connectivity index (χ1) is 26.7. The van der Waals surface area contributed by atoms with Crippen molar-refractivity contribution in [2.24, 2.45) is 0 Å². The Morgan fingerprint density at radius 2 is 0.815 bits per heavy atom. The number of hydrogen-bond donors (Lipinski definition) is 1. The van der Waals surface area contributed by atoms with E-state index < -0.39 is 6.09 Å². The highest BCUT2D eigenvalue weighted by molar-refractivity contribution is 5.67. The predicted octanol–water partition coefficient (Wildman–Crippen LogP) is 14.1. The maximum absolute atomic E-state index is 12.5. The van der Waals surface area contributed by atoms with Gasteiger partial charge in [-0.25, -0.2) is 4.79 Å². The number of amides is 1. The number of nitrogens with one attached hydrogen (secondary N) is 1. The molecule has 0 aliphatic carbocycles. The van der Waals surface area contributed by atoms with E-state index in [-0.39, 0.29) is 12.2 Å². The SMILES string of the molecule is CCCCCCCCCCCCCCCCCCOCC(OCCCCCCCCCCCCCCCCCC)C(C)OC(=O)NCCCOCCOC. The Kier molecular flexibility index (Phi) is 45.7. The number of unbranched alkanes of at least 4 members (excludes halogenated alkanes) is 30. The lowest BCUT2D eigenvalue weighted by Gasteiger charge is -2.24. The Morgan fingerprint density at radius 3 is 1.22 bits per heavy atom. The highest BCUT2D eigenvalue weighted by Crippen LogP contribution is 2.16. The number of alkyl carbamates (subject to hydrolysis) is 1. The third-order valence-electron chi connectivity index (χ3n) is 10.7. The lowest BCUT2D eigenvalue weighted by molar-refractivity contribution is -0.0777. The van der Waals surface area contributed by atoms with Gasteiger partial charge in [0.2, 0.25) is 0 Å². The molecular formula is C47H95NO6. The van der Waals surface area contributed by atoms with Gasteiger partial charge in [-0.1, -0.05) is 206 Å². The average molecular weight is 770 g/mol. The van der Waals surface area contributed by atoms with Crippen LogP contribution >= 0.6 is 0 Å². The molecule has 0 aromatic rings. The molecule has 7 heteroatoms. The summed E-state index contributed by atoms with van der Waals surface area (Å²) in [6, 6.07) is 0. The van der Waals surface area contributed by atoms with Crippen molar-refractivity contribution >= 4 is 6.09 Å². The third kappa shape index (κ3) is 42.3. The molecule has 0 saturated heterocycles. The molecule has 0 radical (unpaired) electrons. The second kappa shape index (κ2) is 46.5. The molecule has 0 aliphatic heterocycles. The van der Waals surface area contributed by atoms with Crippen LogP contribution in [0.25, 0.3) is 0 Å². The Morgan fingerprint density at radius 1 is 0.444 bits per heavy atom. The van der Waals surface area contributed by atoms with Crippen molar-refractivity contribution in [3.05, 3.63) is 0 Å². The summed E-state index contributed by atoms with van der Waals surface area (Å²) in [5.74, 6) is 0. The summed E-state index contributed by atoms with van der Waals surface area (Å²) >= 11 is 0. The molecule has 1 amide bonds. The van der Waals surface area contributed by atoms with Crippen molar-refractivity contribution in [1.29, 1.82) is 0 Å². The second-order valence-corrected chi connectivity index (χ2v) is 16.1. The predicted molar refractivity (Wildman–Crippen MR) is 231 cm³/mol. The van der Waals surface area contributed by atoms with E-state index in [1.807, 2.05) is 6.92 Å². The molecule has 2 atom stereocenters. The average Bonchev–Trinajstić information content (AvgIpc) is 3.17. The summed E-state index contributed by atoms with van der Waals surface area (Å²) in [6.07, 6.45) is 43.2. The van der Waals surface area contributed by atoms with E-state index in [0.29, 0.717) is 39.6 Å². The molecule has 1 N–H and O–H groups in total. The van der Waals surface area contributed by atoms with E-state index in [1.54, 1.807) is 7.11 Å². The van der Waals surface area contributed by atoms with Crippen LogP contribution in [0.1, 0.15) is 233 Å². The fraction of sp³-hybridized carbons (Fsp3) is 0.979. The summed E-state index contributed by atoms with van der Waals surface area (Å²) in [6.45, 7) is 10.6. The van der Waals surface area contributed by atoms with Gasteiger partial charge in [-0.05, 0) is 26.2 Å². The van der Waals surface area contributed by atoms with Gasteiger partial charge in [-0.3, -0.25) is 0 Å². The fourth-order valence-corrected chi connectivity index (χ4v) is 7.05. The van der Waals surface area contributed by atoms with Gasteiger partial charge in [0.25, 0.3) is 0 Å². The monoisotopic (exact) mass is 770 g/mol. The van der Waals surface area contributed by atoms with E-state index in [4.69, 9.17) is 23.7 Å². The van der Waals surface area contributed by atoms with Crippen LogP contribution in [0.2, 0.25) is 0 Å². The highest BCUT2D eigenvalue weighted by Gasteiger charge is 2.22. The van der Waals surface area contributed by atoms with Crippen molar-refractivity contribution < 1.29 is 28.5 Å².